The summed E-state index contributed by atoms with van der Waals surface area (Å²) in [4.78, 5) is 17.4. The van der Waals surface area contributed by atoms with Gasteiger partial charge in [0.2, 0.25) is 5.91 Å². The highest BCUT2D eigenvalue weighted by molar-refractivity contribution is 7.91. The molecule has 3 rings (SSSR count). The predicted molar refractivity (Wildman–Crippen MR) is 117 cm³/mol. The zero-order valence-corrected chi connectivity index (χ0v) is 18.5. The third kappa shape index (κ3) is 5.35. The zero-order chi connectivity index (χ0) is 21.6. The lowest BCUT2D eigenvalue weighted by Crippen LogP contribution is -2.20. The van der Waals surface area contributed by atoms with Crippen LogP contribution in [0.2, 0.25) is 0 Å². The lowest BCUT2D eigenvalue weighted by Gasteiger charge is -2.06. The summed E-state index contributed by atoms with van der Waals surface area (Å²) in [6, 6.07) is 13.8. The fourth-order valence-electron chi connectivity index (χ4n) is 2.91. The quantitative estimate of drug-likeness (QED) is 0.470. The maximum Gasteiger partial charge on any atom is 0.249 e. The van der Waals surface area contributed by atoms with Gasteiger partial charge < -0.3 is 14.0 Å². The average Bonchev–Trinajstić information content (AvgIpc) is 3.09. The van der Waals surface area contributed by atoms with Gasteiger partial charge >= 0.3 is 0 Å². The summed E-state index contributed by atoms with van der Waals surface area (Å²) in [7, 11) is -1.93. The molecule has 9 heteroatoms. The van der Waals surface area contributed by atoms with Gasteiger partial charge in [-0.1, -0.05) is 29.5 Å². The number of benzene rings is 2. The summed E-state index contributed by atoms with van der Waals surface area (Å²) in [6.07, 6.45) is -0.180. The van der Waals surface area contributed by atoms with Crippen LogP contribution in [0.1, 0.15) is 13.3 Å². The van der Waals surface area contributed by atoms with Crippen molar-refractivity contribution in [2.45, 2.75) is 24.8 Å². The van der Waals surface area contributed by atoms with Crippen LogP contribution < -0.4 is 9.54 Å². The number of carbonyl (C=O) groups is 1. The van der Waals surface area contributed by atoms with Gasteiger partial charge in [-0.25, -0.2) is 8.42 Å². The standard InChI is InChI=1S/C21H24N2O5S2/c1-3-28-13-12-23-18-10-9-16(27-2)15-19(18)29-21(23)22-20(24)11-14-30(25,26)17-7-5-4-6-8-17/h4-10,15H,3,11-14H2,1-2H3. The maximum absolute atomic E-state index is 12.5. The third-order valence-electron chi connectivity index (χ3n) is 4.46. The van der Waals surface area contributed by atoms with E-state index in [1.54, 1.807) is 25.3 Å². The van der Waals surface area contributed by atoms with Gasteiger partial charge in [0, 0.05) is 19.6 Å². The summed E-state index contributed by atoms with van der Waals surface area (Å²) < 4.78 is 38.4. The van der Waals surface area contributed by atoms with Crippen molar-refractivity contribution in [3.05, 3.63) is 53.3 Å². The molecule has 0 aliphatic carbocycles. The first-order valence-corrected chi connectivity index (χ1v) is 12.0. The van der Waals surface area contributed by atoms with E-state index in [4.69, 9.17) is 9.47 Å². The second-order valence-electron chi connectivity index (χ2n) is 6.45. The molecule has 0 saturated carbocycles. The van der Waals surface area contributed by atoms with E-state index in [2.05, 4.69) is 4.99 Å². The fraction of sp³-hybridized carbons (Fsp3) is 0.333. The van der Waals surface area contributed by atoms with Crippen molar-refractivity contribution in [1.29, 1.82) is 0 Å². The number of carbonyl (C=O) groups excluding carboxylic acids is 1. The molecule has 0 radical (unpaired) electrons. The van der Waals surface area contributed by atoms with E-state index in [1.165, 1.54) is 23.5 Å². The normalized spacial score (nSPS) is 12.4. The largest absolute Gasteiger partial charge is 0.497 e. The number of rotatable bonds is 9. The summed E-state index contributed by atoms with van der Waals surface area (Å²) in [6.45, 7) is 3.54. The fourth-order valence-corrected chi connectivity index (χ4v) is 5.26. The van der Waals surface area contributed by atoms with Crippen molar-refractivity contribution < 1.29 is 22.7 Å². The molecule has 1 heterocycles. The molecule has 0 saturated heterocycles. The Morgan fingerprint density at radius 3 is 2.63 bits per heavy atom. The highest BCUT2D eigenvalue weighted by Crippen LogP contribution is 2.23. The Morgan fingerprint density at radius 2 is 1.93 bits per heavy atom. The second kappa shape index (κ2) is 10.0. The Hall–Kier alpha value is -2.49. The molecule has 0 bridgehead atoms. The molecular formula is C21H24N2O5S2. The number of nitrogens with zero attached hydrogens (tertiary/aromatic N) is 2. The van der Waals surface area contributed by atoms with Crippen molar-refractivity contribution in [1.82, 2.24) is 4.57 Å². The predicted octanol–water partition coefficient (Wildman–Crippen LogP) is 3.04. The molecule has 7 nitrogen and oxygen atoms in total. The van der Waals surface area contributed by atoms with Crippen molar-refractivity contribution >= 4 is 37.3 Å². The molecule has 3 aromatic rings. The van der Waals surface area contributed by atoms with Crippen LogP contribution in [0.5, 0.6) is 5.75 Å². The summed E-state index contributed by atoms with van der Waals surface area (Å²) in [5, 5.41) is 0. The second-order valence-corrected chi connectivity index (χ2v) is 9.57. The van der Waals surface area contributed by atoms with E-state index in [1.807, 2.05) is 29.7 Å². The van der Waals surface area contributed by atoms with Crippen LogP contribution >= 0.6 is 11.3 Å². The molecular weight excluding hydrogens is 424 g/mol. The molecule has 0 spiro atoms. The summed E-state index contributed by atoms with van der Waals surface area (Å²) in [5.74, 6) is -0.0393. The average molecular weight is 449 g/mol. The van der Waals surface area contributed by atoms with Gasteiger partial charge in [0.25, 0.3) is 0 Å². The van der Waals surface area contributed by atoms with Crippen LogP contribution in [0.4, 0.5) is 0 Å². The number of fused-ring (bicyclic) bond motifs is 1. The molecule has 0 aliphatic rings. The van der Waals surface area contributed by atoms with E-state index >= 15 is 0 Å². The zero-order valence-electron chi connectivity index (χ0n) is 16.9. The minimum absolute atomic E-state index is 0.180. The molecule has 1 aromatic heterocycles. The van der Waals surface area contributed by atoms with E-state index in [-0.39, 0.29) is 17.1 Å². The molecule has 0 atom stereocenters. The Kier molecular flexibility index (Phi) is 7.41. The SMILES string of the molecule is CCOCCn1c(=NC(=O)CCS(=O)(=O)c2ccccc2)sc2cc(OC)ccc21. The molecule has 0 N–H and O–H groups in total. The van der Waals surface area contributed by atoms with Gasteiger partial charge in [-0.2, -0.15) is 4.99 Å². The van der Waals surface area contributed by atoms with E-state index in [0.717, 1.165) is 10.2 Å². The van der Waals surface area contributed by atoms with Crippen molar-refractivity contribution in [3.63, 3.8) is 0 Å². The minimum Gasteiger partial charge on any atom is -0.497 e. The van der Waals surface area contributed by atoms with Crippen molar-refractivity contribution in [3.8, 4) is 5.75 Å². The van der Waals surface area contributed by atoms with Gasteiger partial charge in [-0.05, 0) is 37.3 Å². The number of hydrogen-bond donors (Lipinski definition) is 0. The van der Waals surface area contributed by atoms with Crippen molar-refractivity contribution in [2.24, 2.45) is 4.99 Å². The first kappa shape index (κ1) is 22.2. The minimum atomic E-state index is -3.53. The molecule has 0 unspecified atom stereocenters. The Labute approximate surface area is 179 Å². The molecule has 30 heavy (non-hydrogen) atoms. The number of ether oxygens (including phenoxy) is 2. The van der Waals surface area contributed by atoms with Gasteiger partial charge in [0.1, 0.15) is 5.75 Å². The van der Waals surface area contributed by atoms with Gasteiger partial charge in [0.05, 0.1) is 34.6 Å². The van der Waals surface area contributed by atoms with Crippen LogP contribution in [0.15, 0.2) is 58.4 Å². The highest BCUT2D eigenvalue weighted by atomic mass is 32.2. The third-order valence-corrected chi connectivity index (χ3v) is 7.23. The van der Waals surface area contributed by atoms with Gasteiger partial charge in [-0.3, -0.25) is 4.79 Å². The van der Waals surface area contributed by atoms with Crippen molar-refractivity contribution in [2.75, 3.05) is 26.1 Å². The van der Waals surface area contributed by atoms with Crippen LogP contribution in [0.25, 0.3) is 10.2 Å². The molecule has 1 amide bonds. The molecule has 160 valence electrons. The number of sulfone groups is 1. The topological polar surface area (TPSA) is 87.0 Å². The van der Waals surface area contributed by atoms with Crippen LogP contribution in [-0.2, 0) is 25.9 Å². The first-order valence-electron chi connectivity index (χ1n) is 9.55. The number of aromatic nitrogens is 1. The maximum atomic E-state index is 12.5. The van der Waals surface area contributed by atoms with Gasteiger partial charge in [0.15, 0.2) is 14.6 Å². The van der Waals surface area contributed by atoms with Gasteiger partial charge in [-0.15, -0.1) is 0 Å². The lowest BCUT2D eigenvalue weighted by atomic mass is 10.3. The number of hydrogen-bond acceptors (Lipinski definition) is 6. The van der Waals surface area contributed by atoms with Crippen LogP contribution in [0, 0.1) is 0 Å². The lowest BCUT2D eigenvalue weighted by molar-refractivity contribution is -0.117. The molecule has 0 fully saturated rings. The van der Waals surface area contributed by atoms with Crippen LogP contribution in [0.3, 0.4) is 0 Å². The molecule has 2 aromatic carbocycles. The Morgan fingerprint density at radius 1 is 1.17 bits per heavy atom. The monoisotopic (exact) mass is 448 g/mol. The van der Waals surface area contributed by atoms with E-state index in [0.29, 0.717) is 30.3 Å². The summed E-state index contributed by atoms with van der Waals surface area (Å²) >= 11 is 1.36. The Bertz CT molecular complexity index is 1180. The number of methoxy groups -OCH3 is 1. The molecule has 0 aliphatic heterocycles. The van der Waals surface area contributed by atoms with E-state index < -0.39 is 15.7 Å². The first-order chi connectivity index (χ1) is 14.4. The summed E-state index contributed by atoms with van der Waals surface area (Å²) in [5.41, 5.74) is 0.920. The number of amides is 1. The van der Waals surface area contributed by atoms with E-state index in [9.17, 15) is 13.2 Å². The smallest absolute Gasteiger partial charge is 0.249 e. The number of thiazole rings is 1. The Balaban J connectivity index is 1.86. The van der Waals surface area contributed by atoms with Crippen LogP contribution in [-0.4, -0.2) is 45.0 Å². The highest BCUT2D eigenvalue weighted by Gasteiger charge is 2.16.